The van der Waals surface area contributed by atoms with Crippen molar-refractivity contribution in [1.29, 1.82) is 0 Å². The highest BCUT2D eigenvalue weighted by molar-refractivity contribution is 5.48. The van der Waals surface area contributed by atoms with E-state index in [2.05, 4.69) is 44.0 Å². The molecule has 2 nitrogen and oxygen atoms in total. The van der Waals surface area contributed by atoms with E-state index < -0.39 is 0 Å². The first-order chi connectivity index (χ1) is 8.68. The van der Waals surface area contributed by atoms with Gasteiger partial charge >= 0.3 is 0 Å². The molecule has 0 spiro atoms. The van der Waals surface area contributed by atoms with E-state index in [0.717, 1.165) is 12.1 Å². The lowest BCUT2D eigenvalue weighted by Crippen LogP contribution is -2.25. The third-order valence-electron chi connectivity index (χ3n) is 2.39. The fraction of sp³-hybridized carbons (Fsp3) is 0.375. The summed E-state index contributed by atoms with van der Waals surface area (Å²) in [6.07, 6.45) is 4.09. The molecule has 1 aromatic carbocycles. The number of benzene rings is 1. The Balaban J connectivity index is 2.11. The lowest BCUT2D eigenvalue weighted by Gasteiger charge is -2.10. The summed E-state index contributed by atoms with van der Waals surface area (Å²) >= 11 is 0. The number of nitrogens with one attached hydrogen (secondary N) is 1. The van der Waals surface area contributed by atoms with Crippen LogP contribution in [0.1, 0.15) is 19.4 Å². The van der Waals surface area contributed by atoms with Gasteiger partial charge < -0.3 is 10.1 Å². The van der Waals surface area contributed by atoms with E-state index >= 15 is 0 Å². The lowest BCUT2D eigenvalue weighted by atomic mass is 10.2. The minimum atomic E-state index is 0.486. The van der Waals surface area contributed by atoms with Gasteiger partial charge in [-0.25, -0.2) is 0 Å². The van der Waals surface area contributed by atoms with Crippen molar-refractivity contribution in [1.82, 2.24) is 5.32 Å². The first-order valence-electron chi connectivity index (χ1n) is 6.38. The van der Waals surface area contributed by atoms with E-state index in [1.807, 2.05) is 24.3 Å². The summed E-state index contributed by atoms with van der Waals surface area (Å²) < 4.78 is 5.52. The van der Waals surface area contributed by atoms with Gasteiger partial charge in [0.2, 0.25) is 0 Å². The van der Waals surface area contributed by atoms with Crippen molar-refractivity contribution < 1.29 is 4.74 Å². The highest BCUT2D eigenvalue weighted by Gasteiger charge is 1.95. The Morgan fingerprint density at radius 2 is 2.06 bits per heavy atom. The van der Waals surface area contributed by atoms with Crippen molar-refractivity contribution in [3.05, 3.63) is 54.1 Å². The molecule has 18 heavy (non-hydrogen) atoms. The topological polar surface area (TPSA) is 21.3 Å². The predicted octanol–water partition coefficient (Wildman–Crippen LogP) is 3.27. The zero-order valence-electron chi connectivity index (χ0n) is 11.4. The minimum Gasteiger partial charge on any atom is -0.373 e. The Labute approximate surface area is 110 Å². The van der Waals surface area contributed by atoms with Gasteiger partial charge in [0.1, 0.15) is 0 Å². The van der Waals surface area contributed by atoms with Crippen molar-refractivity contribution in [2.75, 3.05) is 19.8 Å². The van der Waals surface area contributed by atoms with Crippen molar-refractivity contribution in [3.8, 4) is 0 Å². The summed E-state index contributed by atoms with van der Waals surface area (Å²) in [7, 11) is 0. The summed E-state index contributed by atoms with van der Waals surface area (Å²) in [4.78, 5) is 0. The predicted molar refractivity (Wildman–Crippen MR) is 78.6 cm³/mol. The molecule has 0 fully saturated rings. The normalized spacial score (nSPS) is 11.3. The van der Waals surface area contributed by atoms with Gasteiger partial charge in [0.05, 0.1) is 13.2 Å². The molecule has 0 aliphatic carbocycles. The van der Waals surface area contributed by atoms with Crippen LogP contribution in [0.5, 0.6) is 0 Å². The summed E-state index contributed by atoms with van der Waals surface area (Å²) in [5, 5.41) is 3.31. The lowest BCUT2D eigenvalue weighted by molar-refractivity contribution is 0.185. The van der Waals surface area contributed by atoms with Gasteiger partial charge in [-0.05, 0) is 11.1 Å². The average Bonchev–Trinajstić information content (AvgIpc) is 2.37. The van der Waals surface area contributed by atoms with Crippen LogP contribution in [0.3, 0.4) is 0 Å². The number of rotatable bonds is 8. The molecule has 0 heterocycles. The average molecular weight is 245 g/mol. The maximum absolute atomic E-state index is 5.52. The van der Waals surface area contributed by atoms with Crippen molar-refractivity contribution in [2.45, 2.75) is 19.9 Å². The first kappa shape index (κ1) is 14.7. The molecule has 0 aliphatic rings. The van der Waals surface area contributed by atoms with Gasteiger partial charge in [-0.15, -0.1) is 0 Å². The number of hydrogen-bond acceptors (Lipinski definition) is 2. The Kier molecular flexibility index (Phi) is 7.07. The summed E-state index contributed by atoms with van der Waals surface area (Å²) in [6.45, 7) is 10.3. The van der Waals surface area contributed by atoms with Crippen LogP contribution in [0.4, 0.5) is 0 Å². The zero-order chi connectivity index (χ0) is 13.2. The second-order valence-corrected chi connectivity index (χ2v) is 4.61. The van der Waals surface area contributed by atoms with E-state index in [1.54, 1.807) is 0 Å². The summed E-state index contributed by atoms with van der Waals surface area (Å²) in [5.74, 6) is 0. The van der Waals surface area contributed by atoms with Crippen LogP contribution in [-0.4, -0.2) is 25.8 Å². The largest absolute Gasteiger partial charge is 0.373 e. The quantitative estimate of drug-likeness (QED) is 0.560. The zero-order valence-corrected chi connectivity index (χ0v) is 11.4. The molecular weight excluding hydrogens is 222 g/mol. The van der Waals surface area contributed by atoms with Crippen LogP contribution in [0.25, 0.3) is 6.08 Å². The maximum Gasteiger partial charge on any atom is 0.0690 e. The second-order valence-electron chi connectivity index (χ2n) is 4.61. The monoisotopic (exact) mass is 245 g/mol. The molecule has 1 aromatic rings. The molecule has 0 saturated carbocycles. The van der Waals surface area contributed by atoms with Crippen LogP contribution >= 0.6 is 0 Å². The fourth-order valence-corrected chi connectivity index (χ4v) is 1.42. The molecule has 98 valence electrons. The first-order valence-corrected chi connectivity index (χ1v) is 6.38. The SMILES string of the molecule is C=C(CNC(C)C)COC/C=C/c1ccccc1. The number of hydrogen-bond donors (Lipinski definition) is 1. The molecule has 1 rings (SSSR count). The third kappa shape index (κ3) is 7.05. The van der Waals surface area contributed by atoms with E-state index in [-0.39, 0.29) is 0 Å². The van der Waals surface area contributed by atoms with Crippen molar-refractivity contribution >= 4 is 6.08 Å². The van der Waals surface area contributed by atoms with E-state index in [0.29, 0.717) is 19.3 Å². The third-order valence-corrected chi connectivity index (χ3v) is 2.39. The van der Waals surface area contributed by atoms with Gasteiger partial charge in [-0.2, -0.15) is 0 Å². The van der Waals surface area contributed by atoms with E-state index in [4.69, 9.17) is 4.74 Å². The van der Waals surface area contributed by atoms with Crippen molar-refractivity contribution in [2.24, 2.45) is 0 Å². The van der Waals surface area contributed by atoms with Gasteiger partial charge in [0, 0.05) is 12.6 Å². The molecular formula is C16H23NO. The smallest absolute Gasteiger partial charge is 0.0690 e. The van der Waals surface area contributed by atoms with Gasteiger partial charge in [-0.3, -0.25) is 0 Å². The standard InChI is InChI=1S/C16H23NO/c1-14(2)17-12-15(3)13-18-11-7-10-16-8-5-4-6-9-16/h4-10,14,17H,3,11-13H2,1-2H3/b10-7+. The molecule has 0 aromatic heterocycles. The van der Waals surface area contributed by atoms with Crippen LogP contribution < -0.4 is 5.32 Å². The Morgan fingerprint density at radius 3 is 2.72 bits per heavy atom. The van der Waals surface area contributed by atoms with E-state index in [1.165, 1.54) is 5.56 Å². The maximum atomic E-state index is 5.52. The summed E-state index contributed by atoms with van der Waals surface area (Å²) in [6, 6.07) is 10.7. The number of ether oxygens (including phenoxy) is 1. The van der Waals surface area contributed by atoms with Gasteiger partial charge in [0.15, 0.2) is 0 Å². The van der Waals surface area contributed by atoms with Gasteiger partial charge in [-0.1, -0.05) is 62.9 Å². The van der Waals surface area contributed by atoms with Crippen LogP contribution in [0.15, 0.2) is 48.6 Å². The van der Waals surface area contributed by atoms with Crippen LogP contribution in [-0.2, 0) is 4.74 Å². The molecule has 1 N–H and O–H groups in total. The highest BCUT2D eigenvalue weighted by atomic mass is 16.5. The Morgan fingerprint density at radius 1 is 1.33 bits per heavy atom. The molecule has 2 heteroatoms. The molecule has 0 atom stereocenters. The molecule has 0 bridgehead atoms. The van der Waals surface area contributed by atoms with E-state index in [9.17, 15) is 0 Å². The minimum absolute atomic E-state index is 0.486. The fourth-order valence-electron chi connectivity index (χ4n) is 1.42. The Bertz CT molecular complexity index is 368. The van der Waals surface area contributed by atoms with Gasteiger partial charge in [0.25, 0.3) is 0 Å². The highest BCUT2D eigenvalue weighted by Crippen LogP contribution is 2.00. The molecule has 0 saturated heterocycles. The Hall–Kier alpha value is -1.38. The molecule has 0 unspecified atom stereocenters. The molecule has 0 aliphatic heterocycles. The molecule has 0 amide bonds. The van der Waals surface area contributed by atoms with Crippen LogP contribution in [0, 0.1) is 0 Å². The second kappa shape index (κ2) is 8.67. The van der Waals surface area contributed by atoms with Crippen LogP contribution in [0.2, 0.25) is 0 Å². The molecule has 0 radical (unpaired) electrons. The van der Waals surface area contributed by atoms with Crippen molar-refractivity contribution in [3.63, 3.8) is 0 Å². The summed E-state index contributed by atoms with van der Waals surface area (Å²) in [5.41, 5.74) is 2.28.